The van der Waals surface area contributed by atoms with Crippen LogP contribution in [0.3, 0.4) is 0 Å². The molecule has 1 aromatic carbocycles. The molecule has 1 heterocycles. The maximum Gasteiger partial charge on any atom is 0.171 e. The zero-order valence-electron chi connectivity index (χ0n) is 8.73. The zero-order valence-corrected chi connectivity index (χ0v) is 8.73. The lowest BCUT2D eigenvalue weighted by molar-refractivity contribution is -0.269. The van der Waals surface area contributed by atoms with Gasteiger partial charge in [-0.25, -0.2) is 0 Å². The first-order valence-electron chi connectivity index (χ1n) is 5.15. The molecule has 0 spiro atoms. The summed E-state index contributed by atoms with van der Waals surface area (Å²) in [7, 11) is 0. The Labute approximate surface area is 88.9 Å². The average molecular weight is 206 g/mol. The van der Waals surface area contributed by atoms with Gasteiger partial charge in [0, 0.05) is 12.0 Å². The Hall–Kier alpha value is -1.35. The van der Waals surface area contributed by atoms with Crippen molar-refractivity contribution in [2.24, 2.45) is 0 Å². The van der Waals surface area contributed by atoms with Crippen molar-refractivity contribution < 1.29 is 14.6 Å². The van der Waals surface area contributed by atoms with Crippen LogP contribution in [0.4, 0.5) is 0 Å². The minimum absolute atomic E-state index is 0.403. The average Bonchev–Trinajstić information content (AvgIpc) is 2.59. The van der Waals surface area contributed by atoms with Gasteiger partial charge in [-0.3, -0.25) is 0 Å². The molecule has 3 heteroatoms. The number of hydrogen-bond donors (Lipinski definition) is 0. The number of rotatable bonds is 4. The normalized spacial score (nSPS) is 23.3. The second kappa shape index (κ2) is 4.03. The number of benzene rings is 1. The topological polar surface area (TPSA) is 35.5 Å². The largest absolute Gasteiger partial charge is 0.336 e. The minimum Gasteiger partial charge on any atom is -0.336 e. The smallest absolute Gasteiger partial charge is 0.171 e. The second-order valence-electron chi connectivity index (χ2n) is 3.95. The van der Waals surface area contributed by atoms with Crippen LogP contribution in [0.15, 0.2) is 24.3 Å². The molecule has 0 radical (unpaired) electrons. The fourth-order valence-electron chi connectivity index (χ4n) is 1.86. The SMILES string of the molecule is CC1(CCCC=O)OOc2ccccc21. The first-order valence-corrected chi connectivity index (χ1v) is 5.15. The summed E-state index contributed by atoms with van der Waals surface area (Å²) in [6.45, 7) is 1.99. The van der Waals surface area contributed by atoms with E-state index < -0.39 is 5.60 Å². The lowest BCUT2D eigenvalue weighted by Crippen LogP contribution is -2.21. The van der Waals surface area contributed by atoms with Gasteiger partial charge in [-0.15, -0.1) is 0 Å². The summed E-state index contributed by atoms with van der Waals surface area (Å²) in [5.41, 5.74) is 0.662. The molecule has 2 rings (SSSR count). The Morgan fingerprint density at radius 2 is 2.20 bits per heavy atom. The highest BCUT2D eigenvalue weighted by atomic mass is 17.2. The molecule has 80 valence electrons. The van der Waals surface area contributed by atoms with Crippen molar-refractivity contribution in [1.82, 2.24) is 0 Å². The van der Waals surface area contributed by atoms with Crippen LogP contribution in [0, 0.1) is 0 Å². The summed E-state index contributed by atoms with van der Waals surface area (Å²) in [5, 5.41) is 0. The molecule has 1 unspecified atom stereocenters. The van der Waals surface area contributed by atoms with E-state index in [1.165, 1.54) is 0 Å². The van der Waals surface area contributed by atoms with Gasteiger partial charge in [0.15, 0.2) is 5.75 Å². The Balaban J connectivity index is 2.13. The summed E-state index contributed by atoms with van der Waals surface area (Å²) in [4.78, 5) is 20.8. The van der Waals surface area contributed by atoms with Crippen LogP contribution < -0.4 is 4.89 Å². The minimum atomic E-state index is -0.403. The summed E-state index contributed by atoms with van der Waals surface area (Å²) < 4.78 is 0. The molecule has 15 heavy (non-hydrogen) atoms. The predicted octanol–water partition coefficient (Wildman–Crippen LogP) is 2.60. The van der Waals surface area contributed by atoms with Crippen molar-refractivity contribution >= 4 is 6.29 Å². The van der Waals surface area contributed by atoms with E-state index in [-0.39, 0.29) is 0 Å². The predicted molar refractivity (Wildman–Crippen MR) is 55.4 cm³/mol. The number of aldehydes is 1. The van der Waals surface area contributed by atoms with Gasteiger partial charge >= 0.3 is 0 Å². The highest BCUT2D eigenvalue weighted by Crippen LogP contribution is 2.42. The van der Waals surface area contributed by atoms with Gasteiger partial charge in [0.1, 0.15) is 11.9 Å². The molecule has 1 aromatic rings. The van der Waals surface area contributed by atoms with E-state index in [1.807, 2.05) is 31.2 Å². The van der Waals surface area contributed by atoms with Gasteiger partial charge in [0.2, 0.25) is 0 Å². The molecule has 1 aliphatic rings. The standard InChI is InChI=1S/C12H14O3/c1-12(8-4-5-9-13)10-6-2-3-7-11(10)14-15-12/h2-3,6-7,9H,4-5,8H2,1H3. The van der Waals surface area contributed by atoms with Gasteiger partial charge < -0.3 is 9.68 Å². The van der Waals surface area contributed by atoms with Crippen molar-refractivity contribution in [2.45, 2.75) is 31.8 Å². The van der Waals surface area contributed by atoms with Gasteiger partial charge in [-0.1, -0.05) is 18.2 Å². The number of hydrogen-bond acceptors (Lipinski definition) is 3. The van der Waals surface area contributed by atoms with Crippen molar-refractivity contribution in [3.05, 3.63) is 29.8 Å². The first kappa shape index (κ1) is 10.2. The fourth-order valence-corrected chi connectivity index (χ4v) is 1.86. The number of carbonyl (C=O) groups is 1. The molecule has 1 atom stereocenters. The van der Waals surface area contributed by atoms with Crippen LogP contribution in [0.25, 0.3) is 0 Å². The van der Waals surface area contributed by atoms with E-state index in [1.54, 1.807) is 0 Å². The van der Waals surface area contributed by atoms with Crippen LogP contribution in [-0.4, -0.2) is 6.29 Å². The third kappa shape index (κ3) is 1.88. The highest BCUT2D eigenvalue weighted by molar-refractivity contribution is 5.49. The molecule has 0 aromatic heterocycles. The van der Waals surface area contributed by atoms with Gasteiger partial charge in [0.25, 0.3) is 0 Å². The monoisotopic (exact) mass is 206 g/mol. The van der Waals surface area contributed by atoms with Crippen LogP contribution in [0.5, 0.6) is 5.75 Å². The number of carbonyl (C=O) groups excluding carboxylic acids is 1. The van der Waals surface area contributed by atoms with E-state index in [0.717, 1.165) is 30.4 Å². The highest BCUT2D eigenvalue weighted by Gasteiger charge is 2.37. The van der Waals surface area contributed by atoms with Crippen molar-refractivity contribution in [3.8, 4) is 5.75 Å². The molecule has 0 saturated heterocycles. The molecule has 0 amide bonds. The van der Waals surface area contributed by atoms with E-state index in [4.69, 9.17) is 9.78 Å². The Kier molecular flexibility index (Phi) is 2.73. The quantitative estimate of drug-likeness (QED) is 0.431. The van der Waals surface area contributed by atoms with Crippen LogP contribution >= 0.6 is 0 Å². The summed E-state index contributed by atoms with van der Waals surface area (Å²) >= 11 is 0. The lowest BCUT2D eigenvalue weighted by Gasteiger charge is -2.19. The van der Waals surface area contributed by atoms with Crippen molar-refractivity contribution in [1.29, 1.82) is 0 Å². The van der Waals surface area contributed by atoms with E-state index in [2.05, 4.69) is 0 Å². The number of para-hydroxylation sites is 1. The Bertz CT molecular complexity index is 362. The first-order chi connectivity index (χ1) is 7.26. The van der Waals surface area contributed by atoms with Gasteiger partial charge in [0.05, 0.1) is 0 Å². The molecule has 0 fully saturated rings. The lowest BCUT2D eigenvalue weighted by atomic mass is 9.90. The van der Waals surface area contributed by atoms with Crippen LogP contribution in [0.2, 0.25) is 0 Å². The zero-order chi connectivity index (χ0) is 10.7. The number of unbranched alkanes of at least 4 members (excludes halogenated alkanes) is 1. The van der Waals surface area contributed by atoms with Crippen molar-refractivity contribution in [3.63, 3.8) is 0 Å². The van der Waals surface area contributed by atoms with E-state index >= 15 is 0 Å². The van der Waals surface area contributed by atoms with Crippen molar-refractivity contribution in [2.75, 3.05) is 0 Å². The molecular weight excluding hydrogens is 192 g/mol. The third-order valence-electron chi connectivity index (χ3n) is 2.75. The fraction of sp³-hybridized carbons (Fsp3) is 0.417. The maximum atomic E-state index is 10.3. The third-order valence-corrected chi connectivity index (χ3v) is 2.75. The summed E-state index contributed by atoms with van der Waals surface area (Å²) in [6.07, 6.45) is 3.12. The molecule has 0 saturated carbocycles. The van der Waals surface area contributed by atoms with Crippen LogP contribution in [0.1, 0.15) is 31.7 Å². The number of fused-ring (bicyclic) bond motifs is 1. The molecule has 1 aliphatic heterocycles. The molecule has 0 aliphatic carbocycles. The summed E-state index contributed by atoms with van der Waals surface area (Å²) in [5.74, 6) is 0.783. The molecular formula is C12H14O3. The van der Waals surface area contributed by atoms with E-state index in [9.17, 15) is 4.79 Å². The van der Waals surface area contributed by atoms with Gasteiger partial charge in [-0.2, -0.15) is 4.89 Å². The molecule has 3 nitrogen and oxygen atoms in total. The second-order valence-corrected chi connectivity index (χ2v) is 3.95. The molecule has 0 bridgehead atoms. The van der Waals surface area contributed by atoms with Crippen LogP contribution in [-0.2, 0) is 15.3 Å². The van der Waals surface area contributed by atoms with Gasteiger partial charge in [-0.05, 0) is 25.8 Å². The summed E-state index contributed by atoms with van der Waals surface area (Å²) in [6, 6.07) is 7.78. The molecule has 0 N–H and O–H groups in total. The Morgan fingerprint density at radius 3 is 3.00 bits per heavy atom. The van der Waals surface area contributed by atoms with E-state index in [0.29, 0.717) is 6.42 Å². The maximum absolute atomic E-state index is 10.3. The Morgan fingerprint density at radius 1 is 1.40 bits per heavy atom.